The highest BCUT2D eigenvalue weighted by Crippen LogP contribution is 2.31. The maximum Gasteiger partial charge on any atom is 0.213 e. The highest BCUT2D eigenvalue weighted by molar-refractivity contribution is 6.33. The number of anilines is 1. The van der Waals surface area contributed by atoms with Gasteiger partial charge in [-0.05, 0) is 41.8 Å². The van der Waals surface area contributed by atoms with E-state index >= 15 is 0 Å². The van der Waals surface area contributed by atoms with E-state index in [1.165, 1.54) is 24.4 Å². The molecule has 0 aliphatic carbocycles. The van der Waals surface area contributed by atoms with Crippen LogP contribution in [-0.4, -0.2) is 4.98 Å². The number of nitrogens with one attached hydrogen (secondary N) is 1. The smallest absolute Gasteiger partial charge is 0.213 e. The summed E-state index contributed by atoms with van der Waals surface area (Å²) in [5, 5.41) is 3.67. The molecule has 0 aliphatic heterocycles. The predicted octanol–water partition coefficient (Wildman–Crippen LogP) is 5.60. The maximum atomic E-state index is 13.4. The largest absolute Gasteiger partial charge is 0.381 e. The van der Waals surface area contributed by atoms with Crippen LogP contribution in [0.15, 0.2) is 54.7 Å². The Bertz CT molecular complexity index is 881. The predicted molar refractivity (Wildman–Crippen MR) is 93.1 cm³/mol. The lowest BCUT2D eigenvalue weighted by molar-refractivity contribution is 0.584. The van der Waals surface area contributed by atoms with Crippen molar-refractivity contribution in [2.75, 3.05) is 5.32 Å². The number of pyridine rings is 1. The van der Waals surface area contributed by atoms with Crippen molar-refractivity contribution in [3.63, 3.8) is 0 Å². The molecule has 0 fully saturated rings. The van der Waals surface area contributed by atoms with Crippen LogP contribution >= 0.6 is 11.6 Å². The molecule has 3 aromatic rings. The molecule has 24 heavy (non-hydrogen) atoms. The molecule has 0 aliphatic rings. The van der Waals surface area contributed by atoms with Gasteiger partial charge in [0.25, 0.3) is 0 Å². The minimum atomic E-state index is -0.579. The minimum absolute atomic E-state index is 0.265. The Morgan fingerprint density at radius 2 is 1.92 bits per heavy atom. The molecule has 0 unspecified atom stereocenters. The van der Waals surface area contributed by atoms with Crippen molar-refractivity contribution in [2.45, 2.75) is 13.5 Å². The van der Waals surface area contributed by atoms with E-state index in [9.17, 15) is 8.78 Å². The van der Waals surface area contributed by atoms with E-state index in [-0.39, 0.29) is 5.82 Å². The Balaban J connectivity index is 1.87. The first-order valence-electron chi connectivity index (χ1n) is 7.43. The summed E-state index contributed by atoms with van der Waals surface area (Å²) in [4.78, 5) is 3.54. The van der Waals surface area contributed by atoms with Gasteiger partial charge >= 0.3 is 0 Å². The second-order valence-electron chi connectivity index (χ2n) is 5.50. The Hall–Kier alpha value is -2.46. The lowest BCUT2D eigenvalue weighted by atomic mass is 10.0. The first-order chi connectivity index (χ1) is 11.5. The van der Waals surface area contributed by atoms with Crippen molar-refractivity contribution in [1.29, 1.82) is 0 Å². The highest BCUT2D eigenvalue weighted by Gasteiger charge is 2.08. The van der Waals surface area contributed by atoms with Gasteiger partial charge in [-0.1, -0.05) is 35.9 Å². The Kier molecular flexibility index (Phi) is 4.76. The lowest BCUT2D eigenvalue weighted by Gasteiger charge is -2.13. The van der Waals surface area contributed by atoms with Gasteiger partial charge in [0, 0.05) is 30.1 Å². The molecule has 0 saturated carbocycles. The summed E-state index contributed by atoms with van der Waals surface area (Å²) in [6.45, 7) is 2.45. The molecule has 0 radical (unpaired) electrons. The van der Waals surface area contributed by atoms with Crippen molar-refractivity contribution in [2.24, 2.45) is 0 Å². The fourth-order valence-corrected chi connectivity index (χ4v) is 2.67. The average molecular weight is 345 g/mol. The topological polar surface area (TPSA) is 24.9 Å². The van der Waals surface area contributed by atoms with Crippen LogP contribution in [-0.2, 0) is 6.54 Å². The zero-order valence-electron chi connectivity index (χ0n) is 13.0. The number of hydrogen-bond acceptors (Lipinski definition) is 2. The molecule has 5 heteroatoms. The van der Waals surface area contributed by atoms with Crippen LogP contribution in [0.1, 0.15) is 11.1 Å². The molecule has 0 saturated heterocycles. The zero-order chi connectivity index (χ0) is 17.1. The molecular weight excluding hydrogens is 330 g/mol. The lowest BCUT2D eigenvalue weighted by Crippen LogP contribution is -2.01. The van der Waals surface area contributed by atoms with Crippen LogP contribution in [0, 0.1) is 18.7 Å². The van der Waals surface area contributed by atoms with Crippen LogP contribution in [0.4, 0.5) is 14.5 Å². The quantitative estimate of drug-likeness (QED) is 0.623. The summed E-state index contributed by atoms with van der Waals surface area (Å²) in [5.74, 6) is -0.844. The molecule has 3 rings (SSSR count). The van der Waals surface area contributed by atoms with Crippen molar-refractivity contribution in [1.82, 2.24) is 4.98 Å². The second kappa shape index (κ2) is 6.97. The first-order valence-corrected chi connectivity index (χ1v) is 7.81. The SMILES string of the molecule is Cc1ccc(-c2cc(F)ncc2Cl)cc1NCc1cccc(F)c1. The van der Waals surface area contributed by atoms with Crippen LogP contribution in [0.2, 0.25) is 5.02 Å². The fraction of sp³-hybridized carbons (Fsp3) is 0.105. The molecule has 0 bridgehead atoms. The van der Waals surface area contributed by atoms with Crippen LogP contribution in [0.5, 0.6) is 0 Å². The standard InChI is InChI=1S/C19H15ClF2N2/c1-12-5-6-14(16-9-19(22)24-11-17(16)20)8-18(12)23-10-13-3-2-4-15(21)7-13/h2-9,11,23H,10H2,1H3. The summed E-state index contributed by atoms with van der Waals surface area (Å²) in [6, 6.07) is 13.4. The van der Waals surface area contributed by atoms with Crippen LogP contribution in [0.25, 0.3) is 11.1 Å². The number of rotatable bonds is 4. The third kappa shape index (κ3) is 3.71. The molecule has 1 aromatic heterocycles. The third-order valence-electron chi connectivity index (χ3n) is 3.74. The first kappa shape index (κ1) is 16.4. The summed E-state index contributed by atoms with van der Waals surface area (Å²) in [5.41, 5.74) is 4.12. The Morgan fingerprint density at radius 3 is 2.71 bits per heavy atom. The molecular formula is C19H15ClF2N2. The summed E-state index contributed by atoms with van der Waals surface area (Å²) in [6.07, 6.45) is 1.30. The zero-order valence-corrected chi connectivity index (χ0v) is 13.7. The molecule has 0 spiro atoms. The molecule has 122 valence electrons. The summed E-state index contributed by atoms with van der Waals surface area (Å²) < 4.78 is 26.7. The van der Waals surface area contributed by atoms with Gasteiger partial charge in [-0.25, -0.2) is 9.37 Å². The summed E-state index contributed by atoms with van der Waals surface area (Å²) in [7, 11) is 0. The number of aromatic nitrogens is 1. The van der Waals surface area contributed by atoms with E-state index < -0.39 is 5.95 Å². The monoisotopic (exact) mass is 344 g/mol. The van der Waals surface area contributed by atoms with Crippen molar-refractivity contribution in [3.8, 4) is 11.1 Å². The molecule has 0 atom stereocenters. The van der Waals surface area contributed by atoms with E-state index in [1.54, 1.807) is 6.07 Å². The number of nitrogens with zero attached hydrogens (tertiary/aromatic N) is 1. The third-order valence-corrected chi connectivity index (χ3v) is 4.04. The van der Waals surface area contributed by atoms with Crippen LogP contribution < -0.4 is 5.32 Å². The Morgan fingerprint density at radius 1 is 1.08 bits per heavy atom. The van der Waals surface area contributed by atoms with Gasteiger partial charge in [0.15, 0.2) is 0 Å². The van der Waals surface area contributed by atoms with E-state index in [0.717, 1.165) is 22.4 Å². The van der Waals surface area contributed by atoms with Gasteiger partial charge in [-0.15, -0.1) is 0 Å². The van der Waals surface area contributed by atoms with E-state index in [0.29, 0.717) is 17.1 Å². The van der Waals surface area contributed by atoms with E-state index in [4.69, 9.17) is 11.6 Å². The molecule has 1 heterocycles. The normalized spacial score (nSPS) is 10.7. The fourth-order valence-electron chi connectivity index (χ4n) is 2.46. The van der Waals surface area contributed by atoms with Gasteiger partial charge in [-0.2, -0.15) is 4.39 Å². The number of hydrogen-bond donors (Lipinski definition) is 1. The maximum absolute atomic E-state index is 13.4. The van der Waals surface area contributed by atoms with Gasteiger partial charge in [-0.3, -0.25) is 0 Å². The van der Waals surface area contributed by atoms with Crippen LogP contribution in [0.3, 0.4) is 0 Å². The van der Waals surface area contributed by atoms with Gasteiger partial charge in [0.2, 0.25) is 5.95 Å². The highest BCUT2D eigenvalue weighted by atomic mass is 35.5. The van der Waals surface area contributed by atoms with Crippen molar-refractivity contribution >= 4 is 17.3 Å². The average Bonchev–Trinajstić information content (AvgIpc) is 2.56. The number of halogens is 3. The van der Waals surface area contributed by atoms with Crippen molar-refractivity contribution in [3.05, 3.63) is 82.6 Å². The summed E-state index contributed by atoms with van der Waals surface area (Å²) >= 11 is 6.12. The second-order valence-corrected chi connectivity index (χ2v) is 5.91. The molecule has 2 aromatic carbocycles. The molecule has 1 N–H and O–H groups in total. The van der Waals surface area contributed by atoms with Gasteiger partial charge in [0.05, 0.1) is 5.02 Å². The number of benzene rings is 2. The van der Waals surface area contributed by atoms with E-state index in [2.05, 4.69) is 10.3 Å². The van der Waals surface area contributed by atoms with Gasteiger partial charge < -0.3 is 5.32 Å². The minimum Gasteiger partial charge on any atom is -0.381 e. The van der Waals surface area contributed by atoms with Gasteiger partial charge in [0.1, 0.15) is 5.82 Å². The van der Waals surface area contributed by atoms with Crippen molar-refractivity contribution < 1.29 is 8.78 Å². The number of aryl methyl sites for hydroxylation is 1. The van der Waals surface area contributed by atoms with E-state index in [1.807, 2.05) is 31.2 Å². The molecule has 2 nitrogen and oxygen atoms in total. The Labute approximate surface area is 144 Å². The molecule has 0 amide bonds.